The molecule has 1 aromatic carbocycles. The molecule has 7 heteroatoms. The van der Waals surface area contributed by atoms with Gasteiger partial charge in [0.1, 0.15) is 0 Å². The third-order valence-electron chi connectivity index (χ3n) is 5.34. The number of amides is 1. The first-order valence-electron chi connectivity index (χ1n) is 9.70. The van der Waals surface area contributed by atoms with Crippen molar-refractivity contribution in [2.24, 2.45) is 7.05 Å². The fourth-order valence-electron chi connectivity index (χ4n) is 3.59. The van der Waals surface area contributed by atoms with E-state index in [-0.39, 0.29) is 17.5 Å². The van der Waals surface area contributed by atoms with Gasteiger partial charge in [-0.15, -0.1) is 0 Å². The van der Waals surface area contributed by atoms with E-state index < -0.39 is 0 Å². The molecule has 3 rings (SSSR count). The summed E-state index contributed by atoms with van der Waals surface area (Å²) in [5, 5.41) is 7.20. The van der Waals surface area contributed by atoms with E-state index in [4.69, 9.17) is 0 Å². The number of nitrogens with zero attached hydrogens (tertiary/aromatic N) is 4. The summed E-state index contributed by atoms with van der Waals surface area (Å²) in [6, 6.07) is 7.92. The highest BCUT2D eigenvalue weighted by Crippen LogP contribution is 2.19. The summed E-state index contributed by atoms with van der Waals surface area (Å²) in [6.45, 7) is 9.65. The Labute approximate surface area is 166 Å². The van der Waals surface area contributed by atoms with Crippen molar-refractivity contribution in [3.8, 4) is 0 Å². The monoisotopic (exact) mass is 383 g/mol. The van der Waals surface area contributed by atoms with Gasteiger partial charge in [-0.2, -0.15) is 5.10 Å². The molecule has 1 N–H and O–H groups in total. The highest BCUT2D eigenvalue weighted by atomic mass is 16.2. The number of hydrogen-bond acceptors (Lipinski definition) is 5. The first-order chi connectivity index (χ1) is 13.3. The highest BCUT2D eigenvalue weighted by Gasteiger charge is 2.21. The number of piperazine rings is 1. The Hall–Kier alpha value is -2.67. The van der Waals surface area contributed by atoms with Gasteiger partial charge in [-0.05, 0) is 31.9 Å². The van der Waals surface area contributed by atoms with Gasteiger partial charge in [0.15, 0.2) is 0 Å². The van der Waals surface area contributed by atoms with Crippen LogP contribution in [0.3, 0.4) is 0 Å². The summed E-state index contributed by atoms with van der Waals surface area (Å²) in [6.07, 6.45) is 1.72. The van der Waals surface area contributed by atoms with Crippen LogP contribution in [0.2, 0.25) is 0 Å². The number of nitrogens with one attached hydrogen (secondary N) is 1. The number of hydrogen-bond donors (Lipinski definition) is 1. The first-order valence-corrected chi connectivity index (χ1v) is 9.70. The van der Waals surface area contributed by atoms with Crippen LogP contribution in [-0.2, 0) is 11.8 Å². The lowest BCUT2D eigenvalue weighted by atomic mass is 10.00. The molecule has 0 bridgehead atoms. The molecule has 28 heavy (non-hydrogen) atoms. The van der Waals surface area contributed by atoms with E-state index in [0.29, 0.717) is 6.54 Å². The molecule has 1 atom stereocenters. The molecule has 0 spiro atoms. The smallest absolute Gasteiger partial charge is 0.268 e. The van der Waals surface area contributed by atoms with Gasteiger partial charge in [0.2, 0.25) is 5.91 Å². The van der Waals surface area contributed by atoms with Crippen molar-refractivity contribution in [1.29, 1.82) is 0 Å². The zero-order valence-electron chi connectivity index (χ0n) is 17.1. The lowest BCUT2D eigenvalue weighted by molar-refractivity contribution is -0.123. The quantitative estimate of drug-likeness (QED) is 0.845. The number of aryl methyl sites for hydroxylation is 3. The van der Waals surface area contributed by atoms with Gasteiger partial charge in [0, 0.05) is 39.3 Å². The molecule has 1 aliphatic heterocycles. The second-order valence-electron chi connectivity index (χ2n) is 7.59. The van der Waals surface area contributed by atoms with E-state index >= 15 is 0 Å². The van der Waals surface area contributed by atoms with Crippen molar-refractivity contribution < 1.29 is 4.79 Å². The molecule has 1 saturated heterocycles. The summed E-state index contributed by atoms with van der Waals surface area (Å²) in [5.74, 6) is 0.0390. The van der Waals surface area contributed by atoms with Crippen molar-refractivity contribution in [3.05, 3.63) is 57.5 Å². The van der Waals surface area contributed by atoms with E-state index in [1.54, 1.807) is 19.3 Å². The summed E-state index contributed by atoms with van der Waals surface area (Å²) >= 11 is 0. The Morgan fingerprint density at radius 2 is 1.89 bits per heavy atom. The summed E-state index contributed by atoms with van der Waals surface area (Å²) in [4.78, 5) is 28.6. The maximum atomic E-state index is 12.5. The fourth-order valence-corrected chi connectivity index (χ4v) is 3.59. The highest BCUT2D eigenvalue weighted by molar-refractivity contribution is 5.78. The van der Waals surface area contributed by atoms with Crippen LogP contribution in [0.5, 0.6) is 0 Å². The van der Waals surface area contributed by atoms with Crippen LogP contribution in [0.15, 0.2) is 35.3 Å². The van der Waals surface area contributed by atoms with Crippen LogP contribution >= 0.6 is 0 Å². The fraction of sp³-hybridized carbons (Fsp3) is 0.476. The minimum absolute atomic E-state index is 0.0136. The maximum Gasteiger partial charge on any atom is 0.268 e. The Balaban J connectivity index is 1.51. The minimum Gasteiger partial charge on any atom is -0.368 e. The molecule has 150 valence electrons. The van der Waals surface area contributed by atoms with E-state index in [1.807, 2.05) is 6.92 Å². The van der Waals surface area contributed by atoms with E-state index in [0.717, 1.165) is 37.4 Å². The van der Waals surface area contributed by atoms with Crippen LogP contribution in [0.1, 0.15) is 29.7 Å². The van der Waals surface area contributed by atoms with E-state index in [1.165, 1.54) is 15.8 Å². The van der Waals surface area contributed by atoms with E-state index in [2.05, 4.69) is 52.3 Å². The molecule has 1 amide bonds. The standard InChI is InChI=1S/C21H29N5O2/c1-15-5-6-16(2)19(11-15)17(3)23-20(27)14-25-7-9-26(10-8-25)18-12-21(28)24(4)22-13-18/h5-6,11-13,17H,7-10,14H2,1-4H3,(H,23,27). The maximum absolute atomic E-state index is 12.5. The molecular weight excluding hydrogens is 354 g/mol. The molecule has 1 unspecified atom stereocenters. The van der Waals surface area contributed by atoms with Gasteiger partial charge in [-0.25, -0.2) is 4.68 Å². The third kappa shape index (κ3) is 4.78. The largest absolute Gasteiger partial charge is 0.368 e. The lowest BCUT2D eigenvalue weighted by Crippen LogP contribution is -2.50. The average molecular weight is 383 g/mol. The summed E-state index contributed by atoms with van der Waals surface area (Å²) in [7, 11) is 1.64. The number of rotatable bonds is 5. The molecule has 0 saturated carbocycles. The summed E-state index contributed by atoms with van der Waals surface area (Å²) in [5.41, 5.74) is 4.28. The summed E-state index contributed by atoms with van der Waals surface area (Å²) < 4.78 is 1.32. The Kier molecular flexibility index (Phi) is 6.14. The molecule has 2 aromatic rings. The van der Waals surface area contributed by atoms with Gasteiger partial charge in [-0.3, -0.25) is 14.5 Å². The average Bonchev–Trinajstić information content (AvgIpc) is 2.66. The van der Waals surface area contributed by atoms with Crippen molar-refractivity contribution >= 4 is 11.6 Å². The topological polar surface area (TPSA) is 70.5 Å². The van der Waals surface area contributed by atoms with Crippen molar-refractivity contribution in [1.82, 2.24) is 20.0 Å². The molecule has 2 heterocycles. The zero-order valence-corrected chi connectivity index (χ0v) is 17.1. The van der Waals surface area contributed by atoms with Crippen molar-refractivity contribution in [2.75, 3.05) is 37.6 Å². The Bertz CT molecular complexity index is 900. The minimum atomic E-state index is -0.111. The SMILES string of the molecule is Cc1ccc(C)c(C(C)NC(=O)CN2CCN(c3cnn(C)c(=O)c3)CC2)c1. The lowest BCUT2D eigenvalue weighted by Gasteiger charge is -2.35. The molecule has 1 fully saturated rings. The molecular formula is C21H29N5O2. The van der Waals surface area contributed by atoms with Gasteiger partial charge in [0.25, 0.3) is 5.56 Å². The van der Waals surface area contributed by atoms with Crippen LogP contribution in [0.4, 0.5) is 5.69 Å². The van der Waals surface area contributed by atoms with E-state index in [9.17, 15) is 9.59 Å². The molecule has 7 nitrogen and oxygen atoms in total. The van der Waals surface area contributed by atoms with Crippen molar-refractivity contribution in [2.45, 2.75) is 26.8 Å². The Morgan fingerprint density at radius 3 is 2.57 bits per heavy atom. The van der Waals surface area contributed by atoms with Crippen LogP contribution in [0.25, 0.3) is 0 Å². The zero-order chi connectivity index (χ0) is 20.3. The first kappa shape index (κ1) is 20.1. The van der Waals surface area contributed by atoms with Crippen molar-refractivity contribution in [3.63, 3.8) is 0 Å². The second-order valence-corrected chi connectivity index (χ2v) is 7.59. The number of benzene rings is 1. The van der Waals surface area contributed by atoms with Gasteiger partial charge in [0.05, 0.1) is 24.5 Å². The second kappa shape index (κ2) is 8.56. The van der Waals surface area contributed by atoms with Crippen LogP contribution in [-0.4, -0.2) is 53.3 Å². The number of anilines is 1. The Morgan fingerprint density at radius 1 is 1.18 bits per heavy atom. The molecule has 1 aromatic heterocycles. The number of aromatic nitrogens is 2. The van der Waals surface area contributed by atoms with Crippen LogP contribution < -0.4 is 15.8 Å². The van der Waals surface area contributed by atoms with Crippen LogP contribution in [0, 0.1) is 13.8 Å². The normalized spacial score (nSPS) is 16.1. The van der Waals surface area contributed by atoms with Gasteiger partial charge in [-0.1, -0.05) is 23.8 Å². The number of carbonyl (C=O) groups is 1. The molecule has 1 aliphatic rings. The van der Waals surface area contributed by atoms with Gasteiger partial charge < -0.3 is 10.2 Å². The predicted octanol–water partition coefficient (Wildman–Crippen LogP) is 1.40. The predicted molar refractivity (Wildman–Crippen MR) is 111 cm³/mol. The molecule has 0 radical (unpaired) electrons. The molecule has 0 aliphatic carbocycles. The third-order valence-corrected chi connectivity index (χ3v) is 5.34. The number of carbonyl (C=O) groups excluding carboxylic acids is 1. The van der Waals surface area contributed by atoms with Gasteiger partial charge >= 0.3 is 0 Å².